The number of carboxylic acid groups (broad SMARTS) is 1. The average Bonchev–Trinajstić information content (AvgIpc) is 2.54. The Bertz CT molecular complexity index is 706. The van der Waals surface area contributed by atoms with E-state index in [0.717, 1.165) is 10.0 Å². The van der Waals surface area contributed by atoms with E-state index in [0.29, 0.717) is 10.0 Å². The van der Waals surface area contributed by atoms with Crippen molar-refractivity contribution >= 4 is 43.9 Å². The molecule has 23 heavy (non-hydrogen) atoms. The first-order chi connectivity index (χ1) is 11.0. The second-order valence-electron chi connectivity index (χ2n) is 4.65. The van der Waals surface area contributed by atoms with Gasteiger partial charge in [-0.05, 0) is 55.1 Å². The minimum Gasteiger partial charge on any atom is -0.479 e. The molecule has 7 heteroatoms. The normalized spacial score (nSPS) is 11.6. The van der Waals surface area contributed by atoms with Gasteiger partial charge in [0.2, 0.25) is 0 Å². The van der Waals surface area contributed by atoms with Crippen LogP contribution in [0.25, 0.3) is 0 Å². The molecule has 2 N–H and O–H groups in total. The van der Waals surface area contributed by atoms with Gasteiger partial charge in [-0.2, -0.15) is 0 Å². The van der Waals surface area contributed by atoms with E-state index in [1.807, 2.05) is 30.3 Å². The first kappa shape index (κ1) is 17.5. The van der Waals surface area contributed by atoms with Crippen molar-refractivity contribution in [2.45, 2.75) is 12.6 Å². The van der Waals surface area contributed by atoms with Crippen LogP contribution < -0.4 is 5.32 Å². The lowest BCUT2D eigenvalue weighted by molar-refractivity contribution is -0.139. The van der Waals surface area contributed by atoms with Crippen molar-refractivity contribution in [2.24, 2.45) is 0 Å². The van der Waals surface area contributed by atoms with Crippen LogP contribution in [0, 0.1) is 0 Å². The summed E-state index contributed by atoms with van der Waals surface area (Å²) in [6.45, 7) is 0.0725. The maximum absolute atomic E-state index is 11.8. The molecule has 1 atom stereocenters. The fourth-order valence-electron chi connectivity index (χ4n) is 1.86. The van der Waals surface area contributed by atoms with Crippen LogP contribution in [0.2, 0.25) is 0 Å². The minimum absolute atomic E-state index is 0.0725. The van der Waals surface area contributed by atoms with E-state index in [4.69, 9.17) is 4.74 Å². The summed E-state index contributed by atoms with van der Waals surface area (Å²) in [6, 6.07) is 12.9. The Hall–Kier alpha value is -1.86. The van der Waals surface area contributed by atoms with Crippen LogP contribution in [-0.4, -0.2) is 17.2 Å². The molecule has 1 unspecified atom stereocenters. The highest BCUT2D eigenvalue weighted by Gasteiger charge is 2.23. The topological polar surface area (TPSA) is 75.6 Å². The number of hydrogen-bond donors (Lipinski definition) is 2. The molecule has 0 heterocycles. The zero-order valence-electron chi connectivity index (χ0n) is 11.8. The molecule has 0 aliphatic rings. The molecule has 2 rings (SSSR count). The Morgan fingerprint density at radius 2 is 1.78 bits per heavy atom. The van der Waals surface area contributed by atoms with Gasteiger partial charge in [0, 0.05) is 8.95 Å². The molecule has 1 amide bonds. The second kappa shape index (κ2) is 8.12. The summed E-state index contributed by atoms with van der Waals surface area (Å²) >= 11 is 6.62. The van der Waals surface area contributed by atoms with Crippen molar-refractivity contribution in [3.8, 4) is 0 Å². The van der Waals surface area contributed by atoms with E-state index >= 15 is 0 Å². The number of rotatable bonds is 5. The van der Waals surface area contributed by atoms with Gasteiger partial charge in [-0.3, -0.25) is 0 Å². The lowest BCUT2D eigenvalue weighted by Gasteiger charge is -2.15. The van der Waals surface area contributed by atoms with E-state index < -0.39 is 18.1 Å². The van der Waals surface area contributed by atoms with Crippen molar-refractivity contribution in [1.82, 2.24) is 5.32 Å². The molecule has 0 spiro atoms. The molecule has 0 saturated carbocycles. The Labute approximate surface area is 149 Å². The zero-order chi connectivity index (χ0) is 16.8. The van der Waals surface area contributed by atoms with Gasteiger partial charge in [0.15, 0.2) is 6.04 Å². The molecule has 0 bridgehead atoms. The maximum atomic E-state index is 11.8. The Morgan fingerprint density at radius 3 is 2.39 bits per heavy atom. The number of ether oxygens (including phenoxy) is 1. The number of alkyl carbamates (subject to hydrolysis) is 1. The van der Waals surface area contributed by atoms with Gasteiger partial charge in [0.05, 0.1) is 0 Å². The smallest absolute Gasteiger partial charge is 0.408 e. The van der Waals surface area contributed by atoms with E-state index in [1.165, 1.54) is 0 Å². The molecule has 0 saturated heterocycles. The number of nitrogens with one attached hydrogen (secondary N) is 1. The summed E-state index contributed by atoms with van der Waals surface area (Å²) in [5.74, 6) is -1.17. The summed E-state index contributed by atoms with van der Waals surface area (Å²) in [5, 5.41) is 11.7. The predicted octanol–water partition coefficient (Wildman–Crippen LogP) is 4.26. The van der Waals surface area contributed by atoms with Crippen LogP contribution in [0.3, 0.4) is 0 Å². The van der Waals surface area contributed by atoms with Crippen molar-refractivity contribution in [3.63, 3.8) is 0 Å². The lowest BCUT2D eigenvalue weighted by Crippen LogP contribution is -2.34. The monoisotopic (exact) mass is 441 g/mol. The Kier molecular flexibility index (Phi) is 6.18. The molecular weight excluding hydrogens is 430 g/mol. The standard InChI is InChI=1S/C16H13Br2NO4/c17-12-7-6-11(8-13(12)18)14(15(20)21)19-16(22)23-9-10-4-2-1-3-5-10/h1-8,14H,9H2,(H,19,22)(H,20,21). The van der Waals surface area contributed by atoms with Crippen molar-refractivity contribution < 1.29 is 19.4 Å². The molecule has 2 aromatic carbocycles. The highest BCUT2D eigenvalue weighted by molar-refractivity contribution is 9.13. The Morgan fingerprint density at radius 1 is 1.09 bits per heavy atom. The first-order valence-corrected chi connectivity index (χ1v) is 8.21. The maximum Gasteiger partial charge on any atom is 0.408 e. The number of halogens is 2. The molecule has 0 aromatic heterocycles. The van der Waals surface area contributed by atoms with E-state index in [9.17, 15) is 14.7 Å². The summed E-state index contributed by atoms with van der Waals surface area (Å²) < 4.78 is 6.53. The third-order valence-electron chi connectivity index (χ3n) is 3.00. The van der Waals surface area contributed by atoms with Crippen LogP contribution in [-0.2, 0) is 16.1 Å². The third-order valence-corrected chi connectivity index (χ3v) is 4.88. The van der Waals surface area contributed by atoms with Crippen LogP contribution in [0.1, 0.15) is 17.2 Å². The van der Waals surface area contributed by atoms with Crippen molar-refractivity contribution in [3.05, 3.63) is 68.6 Å². The molecule has 120 valence electrons. The lowest BCUT2D eigenvalue weighted by atomic mass is 10.1. The number of carboxylic acids is 1. The molecule has 0 aliphatic carbocycles. The summed E-state index contributed by atoms with van der Waals surface area (Å²) in [4.78, 5) is 23.2. The minimum atomic E-state index is -1.19. The molecular formula is C16H13Br2NO4. The van der Waals surface area contributed by atoms with Gasteiger partial charge in [-0.15, -0.1) is 0 Å². The number of aliphatic carboxylic acids is 1. The Balaban J connectivity index is 2.02. The van der Waals surface area contributed by atoms with Crippen molar-refractivity contribution in [2.75, 3.05) is 0 Å². The number of hydrogen-bond acceptors (Lipinski definition) is 3. The molecule has 0 radical (unpaired) electrons. The number of amides is 1. The largest absolute Gasteiger partial charge is 0.479 e. The molecule has 0 fully saturated rings. The number of carbonyl (C=O) groups excluding carboxylic acids is 1. The van der Waals surface area contributed by atoms with Gasteiger partial charge >= 0.3 is 12.1 Å². The first-order valence-electron chi connectivity index (χ1n) is 6.62. The van der Waals surface area contributed by atoms with E-state index in [-0.39, 0.29) is 6.61 Å². The number of benzene rings is 2. The van der Waals surface area contributed by atoms with Crippen LogP contribution in [0.4, 0.5) is 4.79 Å². The fourth-order valence-corrected chi connectivity index (χ4v) is 2.51. The van der Waals surface area contributed by atoms with Crippen molar-refractivity contribution in [1.29, 1.82) is 0 Å². The predicted molar refractivity (Wildman–Crippen MR) is 92.0 cm³/mol. The van der Waals surface area contributed by atoms with Gasteiger partial charge in [-0.1, -0.05) is 36.4 Å². The SMILES string of the molecule is O=C(NC(C(=O)O)c1ccc(Br)c(Br)c1)OCc1ccccc1. The fraction of sp³-hybridized carbons (Fsp3) is 0.125. The van der Waals surface area contributed by atoms with E-state index in [2.05, 4.69) is 37.2 Å². The van der Waals surface area contributed by atoms with Crippen LogP contribution in [0.5, 0.6) is 0 Å². The summed E-state index contributed by atoms with van der Waals surface area (Å²) in [5.41, 5.74) is 1.25. The van der Waals surface area contributed by atoms with Crippen LogP contribution in [0.15, 0.2) is 57.5 Å². The van der Waals surface area contributed by atoms with Gasteiger partial charge in [0.25, 0.3) is 0 Å². The summed E-state index contributed by atoms with van der Waals surface area (Å²) in [7, 11) is 0. The molecule has 0 aliphatic heterocycles. The second-order valence-corrected chi connectivity index (χ2v) is 6.36. The summed E-state index contributed by atoms with van der Waals surface area (Å²) in [6.07, 6.45) is -0.791. The highest BCUT2D eigenvalue weighted by Crippen LogP contribution is 2.26. The van der Waals surface area contributed by atoms with Gasteiger partial charge in [-0.25, -0.2) is 9.59 Å². The van der Waals surface area contributed by atoms with E-state index in [1.54, 1.807) is 18.2 Å². The third kappa shape index (κ3) is 5.07. The molecule has 5 nitrogen and oxygen atoms in total. The van der Waals surface area contributed by atoms with Gasteiger partial charge in [0.1, 0.15) is 6.61 Å². The van der Waals surface area contributed by atoms with Crippen LogP contribution >= 0.6 is 31.9 Å². The zero-order valence-corrected chi connectivity index (χ0v) is 15.0. The average molecular weight is 443 g/mol. The quantitative estimate of drug-likeness (QED) is 0.725. The molecule has 2 aromatic rings. The van der Waals surface area contributed by atoms with Gasteiger partial charge < -0.3 is 15.2 Å². The number of carbonyl (C=O) groups is 2. The highest BCUT2D eigenvalue weighted by atomic mass is 79.9.